The fourth-order valence-corrected chi connectivity index (χ4v) is 2.75. The van der Waals surface area contributed by atoms with Gasteiger partial charge in [-0.05, 0) is 37.0 Å². The van der Waals surface area contributed by atoms with Gasteiger partial charge in [0.1, 0.15) is 4.49 Å². The van der Waals surface area contributed by atoms with Gasteiger partial charge in [0.2, 0.25) is 0 Å². The summed E-state index contributed by atoms with van der Waals surface area (Å²) in [7, 11) is 0. The predicted octanol–water partition coefficient (Wildman–Crippen LogP) is 5.33. The van der Waals surface area contributed by atoms with Crippen LogP contribution in [0.2, 0.25) is 0 Å². The molecule has 0 spiro atoms. The SMILES string of the molecule is C#CCCC=C(C)CC1C(C=C(Cl)Cl)C1(C)C. The molecule has 0 aliphatic heterocycles. The van der Waals surface area contributed by atoms with Gasteiger partial charge in [0.25, 0.3) is 0 Å². The fraction of sp³-hybridized carbons (Fsp3) is 0.600. The first kappa shape index (κ1) is 14.7. The maximum absolute atomic E-state index is 5.73. The van der Waals surface area contributed by atoms with E-state index in [4.69, 9.17) is 29.6 Å². The van der Waals surface area contributed by atoms with Crippen molar-refractivity contribution in [3.8, 4) is 12.3 Å². The molecule has 0 N–H and O–H groups in total. The van der Waals surface area contributed by atoms with Crippen molar-refractivity contribution >= 4 is 23.2 Å². The van der Waals surface area contributed by atoms with Gasteiger partial charge in [-0.1, -0.05) is 54.8 Å². The smallest absolute Gasteiger partial charge is 0.103 e. The van der Waals surface area contributed by atoms with Gasteiger partial charge in [-0.15, -0.1) is 12.3 Å². The molecular weight excluding hydrogens is 251 g/mol. The summed E-state index contributed by atoms with van der Waals surface area (Å²) in [5, 5.41) is 0. The molecule has 0 aromatic carbocycles. The maximum atomic E-state index is 5.73. The molecule has 0 nitrogen and oxygen atoms in total. The van der Waals surface area contributed by atoms with Gasteiger partial charge in [-0.3, -0.25) is 0 Å². The molecule has 0 saturated heterocycles. The van der Waals surface area contributed by atoms with Gasteiger partial charge in [0.15, 0.2) is 0 Å². The van der Waals surface area contributed by atoms with Crippen molar-refractivity contribution in [3.05, 3.63) is 22.2 Å². The lowest BCUT2D eigenvalue weighted by atomic mass is 10.0. The Morgan fingerprint density at radius 3 is 2.59 bits per heavy atom. The molecule has 17 heavy (non-hydrogen) atoms. The summed E-state index contributed by atoms with van der Waals surface area (Å²) in [5.74, 6) is 3.81. The van der Waals surface area contributed by atoms with Crippen LogP contribution in [0.15, 0.2) is 22.2 Å². The molecule has 1 aliphatic carbocycles. The van der Waals surface area contributed by atoms with Gasteiger partial charge in [0, 0.05) is 6.42 Å². The molecule has 2 atom stereocenters. The van der Waals surface area contributed by atoms with Crippen LogP contribution in [-0.4, -0.2) is 0 Å². The summed E-state index contributed by atoms with van der Waals surface area (Å²) in [6, 6.07) is 0. The van der Waals surface area contributed by atoms with Crippen LogP contribution in [0.4, 0.5) is 0 Å². The van der Waals surface area contributed by atoms with Crippen LogP contribution >= 0.6 is 23.2 Å². The first-order chi connectivity index (χ1) is 7.89. The minimum atomic E-state index is 0.316. The molecule has 0 radical (unpaired) electrons. The standard InChI is InChI=1S/C15H20Cl2/c1-5-6-7-8-11(2)9-12-13(10-14(16)17)15(12,3)4/h1,8,10,12-13H,6-7,9H2,2-4H3. The average molecular weight is 271 g/mol. The van der Waals surface area contributed by atoms with Gasteiger partial charge in [0.05, 0.1) is 0 Å². The molecule has 1 aliphatic rings. The third kappa shape index (κ3) is 4.09. The van der Waals surface area contributed by atoms with E-state index in [-0.39, 0.29) is 0 Å². The third-order valence-electron chi connectivity index (χ3n) is 3.77. The highest BCUT2D eigenvalue weighted by molar-refractivity contribution is 6.55. The lowest BCUT2D eigenvalue weighted by Crippen LogP contribution is -1.91. The molecule has 0 heterocycles. The van der Waals surface area contributed by atoms with Crippen LogP contribution in [0, 0.1) is 29.6 Å². The highest BCUT2D eigenvalue weighted by Crippen LogP contribution is 2.62. The summed E-state index contributed by atoms with van der Waals surface area (Å²) in [4.78, 5) is 0. The molecule has 94 valence electrons. The number of hydrogen-bond acceptors (Lipinski definition) is 0. The van der Waals surface area contributed by atoms with Crippen molar-refractivity contribution in [2.45, 2.75) is 40.0 Å². The summed E-state index contributed by atoms with van der Waals surface area (Å²) in [5.41, 5.74) is 1.73. The Kier molecular flexibility index (Phi) is 5.17. The number of unbranched alkanes of at least 4 members (excludes halogenated alkanes) is 1. The Bertz CT molecular complexity index is 365. The molecule has 1 fully saturated rings. The monoisotopic (exact) mass is 270 g/mol. The fourth-order valence-electron chi connectivity index (χ4n) is 2.48. The number of terminal acetylenes is 1. The molecule has 1 rings (SSSR count). The highest BCUT2D eigenvalue weighted by atomic mass is 35.5. The average Bonchev–Trinajstić information content (AvgIpc) is 2.69. The van der Waals surface area contributed by atoms with E-state index in [9.17, 15) is 0 Å². The number of halogens is 2. The molecule has 0 aromatic rings. The highest BCUT2D eigenvalue weighted by Gasteiger charge is 2.55. The Labute approximate surface area is 115 Å². The van der Waals surface area contributed by atoms with Gasteiger partial charge in [-0.25, -0.2) is 0 Å². The van der Waals surface area contributed by atoms with Crippen molar-refractivity contribution in [2.75, 3.05) is 0 Å². The first-order valence-electron chi connectivity index (χ1n) is 6.01. The van der Waals surface area contributed by atoms with Crippen molar-refractivity contribution < 1.29 is 0 Å². The predicted molar refractivity (Wildman–Crippen MR) is 77.0 cm³/mol. The zero-order chi connectivity index (χ0) is 13.1. The summed E-state index contributed by atoms with van der Waals surface area (Å²) < 4.78 is 0.388. The normalized spacial score (nSPS) is 26.2. The summed E-state index contributed by atoms with van der Waals surface area (Å²) in [6.45, 7) is 6.71. The number of allylic oxidation sites excluding steroid dienone is 3. The summed E-state index contributed by atoms with van der Waals surface area (Å²) >= 11 is 11.5. The molecule has 2 heteroatoms. The summed E-state index contributed by atoms with van der Waals surface area (Å²) in [6.07, 6.45) is 12.4. The van der Waals surface area contributed by atoms with Crippen molar-refractivity contribution in [2.24, 2.45) is 17.3 Å². The lowest BCUT2D eigenvalue weighted by Gasteiger charge is -2.02. The number of rotatable bonds is 5. The van der Waals surface area contributed by atoms with Gasteiger partial charge in [-0.2, -0.15) is 0 Å². The lowest BCUT2D eigenvalue weighted by molar-refractivity contribution is 0.547. The molecule has 2 unspecified atom stereocenters. The maximum Gasteiger partial charge on any atom is 0.103 e. The van der Waals surface area contributed by atoms with Crippen LogP contribution in [0.3, 0.4) is 0 Å². The minimum Gasteiger partial charge on any atom is -0.120 e. The molecular formula is C15H20Cl2. The topological polar surface area (TPSA) is 0 Å². The molecule has 1 saturated carbocycles. The molecule has 0 aromatic heterocycles. The van der Waals surface area contributed by atoms with E-state index in [1.807, 2.05) is 6.08 Å². The van der Waals surface area contributed by atoms with E-state index < -0.39 is 0 Å². The quantitative estimate of drug-likeness (QED) is 0.360. The van der Waals surface area contributed by atoms with Crippen molar-refractivity contribution in [3.63, 3.8) is 0 Å². The van der Waals surface area contributed by atoms with Crippen LogP contribution in [0.5, 0.6) is 0 Å². The largest absolute Gasteiger partial charge is 0.120 e. The Balaban J connectivity index is 2.51. The van der Waals surface area contributed by atoms with E-state index >= 15 is 0 Å². The van der Waals surface area contributed by atoms with Crippen LogP contribution in [0.1, 0.15) is 40.0 Å². The van der Waals surface area contributed by atoms with Crippen LogP contribution in [0.25, 0.3) is 0 Å². The zero-order valence-electron chi connectivity index (χ0n) is 10.8. The first-order valence-corrected chi connectivity index (χ1v) is 6.77. The Hall–Kier alpha value is -0.380. The second-order valence-electron chi connectivity index (χ2n) is 5.41. The van der Waals surface area contributed by atoms with Crippen LogP contribution in [-0.2, 0) is 0 Å². The van der Waals surface area contributed by atoms with Crippen molar-refractivity contribution in [1.82, 2.24) is 0 Å². The van der Waals surface area contributed by atoms with E-state index in [1.54, 1.807) is 0 Å². The van der Waals surface area contributed by atoms with Crippen LogP contribution < -0.4 is 0 Å². The molecule has 0 amide bonds. The third-order valence-corrected chi connectivity index (χ3v) is 4.02. The second kappa shape index (κ2) is 5.98. The Morgan fingerprint density at radius 2 is 2.06 bits per heavy atom. The van der Waals surface area contributed by atoms with Gasteiger partial charge < -0.3 is 0 Å². The molecule has 0 bridgehead atoms. The van der Waals surface area contributed by atoms with Crippen molar-refractivity contribution in [1.29, 1.82) is 0 Å². The number of hydrogen-bond donors (Lipinski definition) is 0. The minimum absolute atomic E-state index is 0.316. The zero-order valence-corrected chi connectivity index (χ0v) is 12.3. The van der Waals surface area contributed by atoms with E-state index in [1.165, 1.54) is 5.57 Å². The second-order valence-corrected chi connectivity index (χ2v) is 6.42. The van der Waals surface area contributed by atoms with E-state index in [0.29, 0.717) is 21.7 Å². The van der Waals surface area contributed by atoms with E-state index in [0.717, 1.165) is 19.3 Å². The van der Waals surface area contributed by atoms with Gasteiger partial charge >= 0.3 is 0 Å². The van der Waals surface area contributed by atoms with E-state index in [2.05, 4.69) is 32.8 Å². The Morgan fingerprint density at radius 1 is 1.41 bits per heavy atom.